The van der Waals surface area contributed by atoms with E-state index in [1.807, 2.05) is 0 Å². The smallest absolute Gasteiger partial charge is 0.261 e. The minimum Gasteiger partial charge on any atom is -0.367 e. The van der Waals surface area contributed by atoms with E-state index in [2.05, 4.69) is 15.2 Å². The van der Waals surface area contributed by atoms with Crippen molar-refractivity contribution in [3.05, 3.63) is 35.4 Å². The molecule has 1 atom stereocenters. The lowest BCUT2D eigenvalue weighted by Crippen LogP contribution is -2.32. The zero-order valence-corrected chi connectivity index (χ0v) is 9.98. The summed E-state index contributed by atoms with van der Waals surface area (Å²) < 4.78 is 0. The van der Waals surface area contributed by atoms with E-state index >= 15 is 0 Å². The number of aliphatic imine (C=N–C) groups is 1. The van der Waals surface area contributed by atoms with Gasteiger partial charge in [0.15, 0.2) is 6.17 Å². The Morgan fingerprint density at radius 2 is 1.79 bits per heavy atom. The van der Waals surface area contributed by atoms with Crippen molar-refractivity contribution in [2.75, 3.05) is 6.54 Å². The van der Waals surface area contributed by atoms with Gasteiger partial charge in [0.2, 0.25) is 5.96 Å². The number of guanidine groups is 1. The molecular formula is C12H11N5O2. The summed E-state index contributed by atoms with van der Waals surface area (Å²) in [5, 5.41) is 7.43. The second-order valence-corrected chi connectivity index (χ2v) is 4.28. The van der Waals surface area contributed by atoms with Gasteiger partial charge in [0.1, 0.15) is 0 Å². The molecule has 2 heterocycles. The average Bonchev–Trinajstić information content (AvgIpc) is 2.93. The summed E-state index contributed by atoms with van der Waals surface area (Å²) in [5.74, 6) is -0.410. The third-order valence-corrected chi connectivity index (χ3v) is 3.06. The highest BCUT2D eigenvalue weighted by molar-refractivity contribution is 6.21. The fourth-order valence-electron chi connectivity index (χ4n) is 2.14. The van der Waals surface area contributed by atoms with Crippen molar-refractivity contribution in [1.29, 1.82) is 0 Å². The SMILES string of the molecule is NC1=N[C@@H](CCN2C(=O)c3ccccc3C2=O)N=N1. The largest absolute Gasteiger partial charge is 0.367 e. The minimum absolute atomic E-state index is 0.132. The van der Waals surface area contributed by atoms with Gasteiger partial charge in [0.25, 0.3) is 11.8 Å². The van der Waals surface area contributed by atoms with Crippen LogP contribution in [0.1, 0.15) is 27.1 Å². The van der Waals surface area contributed by atoms with Crippen LogP contribution in [0.5, 0.6) is 0 Å². The normalized spacial score (nSPS) is 20.9. The van der Waals surface area contributed by atoms with Gasteiger partial charge in [-0.3, -0.25) is 14.5 Å². The first-order valence-electron chi connectivity index (χ1n) is 5.86. The third kappa shape index (κ3) is 1.88. The number of rotatable bonds is 3. The fourth-order valence-corrected chi connectivity index (χ4v) is 2.14. The summed E-state index contributed by atoms with van der Waals surface area (Å²) in [5.41, 5.74) is 6.27. The second-order valence-electron chi connectivity index (χ2n) is 4.28. The molecule has 0 aromatic heterocycles. The van der Waals surface area contributed by atoms with Gasteiger partial charge in [0.05, 0.1) is 11.1 Å². The highest BCUT2D eigenvalue weighted by atomic mass is 16.2. The number of azo groups is 1. The van der Waals surface area contributed by atoms with Gasteiger partial charge in [-0.1, -0.05) is 12.1 Å². The Morgan fingerprint density at radius 1 is 1.16 bits per heavy atom. The molecular weight excluding hydrogens is 246 g/mol. The first-order valence-corrected chi connectivity index (χ1v) is 5.86. The number of carbonyl (C=O) groups excluding carboxylic acids is 2. The lowest BCUT2D eigenvalue weighted by atomic mass is 10.1. The zero-order chi connectivity index (χ0) is 13.4. The average molecular weight is 257 g/mol. The second kappa shape index (κ2) is 4.27. The van der Waals surface area contributed by atoms with Gasteiger partial charge >= 0.3 is 0 Å². The summed E-state index contributed by atoms with van der Waals surface area (Å²) in [7, 11) is 0. The van der Waals surface area contributed by atoms with Crippen LogP contribution < -0.4 is 5.73 Å². The molecule has 2 N–H and O–H groups in total. The maximum absolute atomic E-state index is 12.1. The standard InChI is InChI=1S/C12H11N5O2/c13-12-14-9(15-16-12)5-6-17-10(18)7-3-1-2-4-8(7)11(17)19/h1-4,9H,5-6H2,(H2,13,14)/t9-/m1/s1. The van der Waals surface area contributed by atoms with E-state index in [-0.39, 0.29) is 24.3 Å². The number of fused-ring (bicyclic) bond motifs is 1. The first-order chi connectivity index (χ1) is 9.16. The van der Waals surface area contributed by atoms with Crippen molar-refractivity contribution in [2.45, 2.75) is 12.6 Å². The highest BCUT2D eigenvalue weighted by Gasteiger charge is 2.35. The lowest BCUT2D eigenvalue weighted by Gasteiger charge is -2.13. The maximum atomic E-state index is 12.1. The predicted octanol–water partition coefficient (Wildman–Crippen LogP) is 0.779. The van der Waals surface area contributed by atoms with Crippen molar-refractivity contribution in [1.82, 2.24) is 4.90 Å². The van der Waals surface area contributed by atoms with Crippen LogP contribution in [0.4, 0.5) is 0 Å². The molecule has 0 bridgehead atoms. The summed E-state index contributed by atoms with van der Waals surface area (Å²) in [6.45, 7) is 0.257. The van der Waals surface area contributed by atoms with Gasteiger partial charge in [0, 0.05) is 13.0 Å². The van der Waals surface area contributed by atoms with E-state index in [1.54, 1.807) is 24.3 Å². The first kappa shape index (κ1) is 11.5. The molecule has 7 nitrogen and oxygen atoms in total. The van der Waals surface area contributed by atoms with Crippen molar-refractivity contribution in [3.8, 4) is 0 Å². The summed E-state index contributed by atoms with van der Waals surface area (Å²) in [4.78, 5) is 29.3. The van der Waals surface area contributed by atoms with Gasteiger partial charge in [-0.05, 0) is 12.1 Å². The van der Waals surface area contributed by atoms with Crippen LogP contribution >= 0.6 is 0 Å². The van der Waals surface area contributed by atoms with Crippen LogP contribution in [0.15, 0.2) is 39.5 Å². The Morgan fingerprint density at radius 3 is 2.32 bits per heavy atom. The number of amides is 2. The molecule has 0 spiro atoms. The summed E-state index contributed by atoms with van der Waals surface area (Å²) in [6, 6.07) is 6.79. The Labute approximate surface area is 108 Å². The van der Waals surface area contributed by atoms with Crippen molar-refractivity contribution in [3.63, 3.8) is 0 Å². The zero-order valence-electron chi connectivity index (χ0n) is 9.98. The molecule has 1 aromatic rings. The molecule has 1 aromatic carbocycles. The van der Waals surface area contributed by atoms with Crippen LogP contribution in [-0.4, -0.2) is 35.4 Å². The monoisotopic (exact) mass is 257 g/mol. The van der Waals surface area contributed by atoms with Crippen LogP contribution in [0.3, 0.4) is 0 Å². The van der Waals surface area contributed by atoms with E-state index < -0.39 is 6.17 Å². The van der Waals surface area contributed by atoms with Crippen LogP contribution in [0, 0.1) is 0 Å². The number of imide groups is 1. The molecule has 0 saturated carbocycles. The molecule has 0 saturated heterocycles. The Kier molecular flexibility index (Phi) is 2.59. The number of nitrogens with zero attached hydrogens (tertiary/aromatic N) is 4. The molecule has 0 radical (unpaired) electrons. The number of carbonyl (C=O) groups is 2. The molecule has 96 valence electrons. The van der Waals surface area contributed by atoms with Gasteiger partial charge < -0.3 is 5.73 Å². The van der Waals surface area contributed by atoms with Gasteiger partial charge in [-0.2, -0.15) is 5.11 Å². The number of hydrogen-bond acceptors (Lipinski definition) is 6. The van der Waals surface area contributed by atoms with Gasteiger partial charge in [-0.25, -0.2) is 4.99 Å². The molecule has 19 heavy (non-hydrogen) atoms. The number of hydrogen-bond donors (Lipinski definition) is 1. The predicted molar refractivity (Wildman–Crippen MR) is 66.7 cm³/mol. The van der Waals surface area contributed by atoms with Gasteiger partial charge in [-0.15, -0.1) is 5.11 Å². The van der Waals surface area contributed by atoms with E-state index in [1.165, 1.54) is 4.90 Å². The summed E-state index contributed by atoms with van der Waals surface area (Å²) >= 11 is 0. The maximum Gasteiger partial charge on any atom is 0.261 e. The van der Waals surface area contributed by atoms with E-state index in [4.69, 9.17) is 5.73 Å². The quantitative estimate of drug-likeness (QED) is 0.809. The van der Waals surface area contributed by atoms with Crippen LogP contribution in [0.25, 0.3) is 0 Å². The molecule has 0 unspecified atom stereocenters. The fraction of sp³-hybridized carbons (Fsp3) is 0.250. The molecule has 2 aliphatic rings. The van der Waals surface area contributed by atoms with E-state index in [0.717, 1.165) is 0 Å². The van der Waals surface area contributed by atoms with Crippen molar-refractivity contribution < 1.29 is 9.59 Å². The van der Waals surface area contributed by atoms with Crippen LogP contribution in [-0.2, 0) is 0 Å². The van der Waals surface area contributed by atoms with Crippen LogP contribution in [0.2, 0.25) is 0 Å². The highest BCUT2D eigenvalue weighted by Crippen LogP contribution is 2.23. The van der Waals surface area contributed by atoms with E-state index in [0.29, 0.717) is 17.5 Å². The Balaban J connectivity index is 1.73. The third-order valence-electron chi connectivity index (χ3n) is 3.06. The Hall–Kier alpha value is -2.57. The molecule has 7 heteroatoms. The molecule has 0 aliphatic carbocycles. The molecule has 0 fully saturated rings. The molecule has 2 amide bonds. The lowest BCUT2D eigenvalue weighted by molar-refractivity contribution is 0.0650. The number of nitrogens with two attached hydrogens (primary N) is 1. The Bertz CT molecular complexity index is 587. The molecule has 2 aliphatic heterocycles. The van der Waals surface area contributed by atoms with Crippen molar-refractivity contribution in [2.24, 2.45) is 21.0 Å². The molecule has 3 rings (SSSR count). The van der Waals surface area contributed by atoms with Crippen molar-refractivity contribution >= 4 is 17.8 Å². The van der Waals surface area contributed by atoms with E-state index in [9.17, 15) is 9.59 Å². The topological polar surface area (TPSA) is 100 Å². The minimum atomic E-state index is -0.399. The summed E-state index contributed by atoms with van der Waals surface area (Å²) in [6.07, 6.45) is 0.0275. The number of benzene rings is 1.